The van der Waals surface area contributed by atoms with Crippen LogP contribution in [0.4, 0.5) is 0 Å². The molecule has 8 heteroatoms. The highest BCUT2D eigenvalue weighted by atomic mass is 32.1. The molecule has 3 atom stereocenters. The van der Waals surface area contributed by atoms with Crippen molar-refractivity contribution < 1.29 is 14.3 Å². The maximum Gasteiger partial charge on any atom is 0.221 e. The van der Waals surface area contributed by atoms with Crippen molar-refractivity contribution in [2.75, 3.05) is 6.61 Å². The fourth-order valence-corrected chi connectivity index (χ4v) is 3.36. The van der Waals surface area contributed by atoms with Gasteiger partial charge in [-0.2, -0.15) is 4.68 Å². The van der Waals surface area contributed by atoms with Crippen molar-refractivity contribution in [1.82, 2.24) is 19.8 Å². The van der Waals surface area contributed by atoms with Crippen molar-refractivity contribution in [2.45, 2.75) is 38.7 Å². The van der Waals surface area contributed by atoms with Crippen LogP contribution in [0, 0.1) is 18.6 Å². The van der Waals surface area contributed by atoms with Crippen molar-refractivity contribution >= 4 is 18.0 Å². The third-order valence-electron chi connectivity index (χ3n) is 4.53. The van der Waals surface area contributed by atoms with Gasteiger partial charge in [0, 0.05) is 6.42 Å². The third-order valence-corrected chi connectivity index (χ3v) is 4.89. The summed E-state index contributed by atoms with van der Waals surface area (Å²) in [6, 6.07) is 5.68. The first-order chi connectivity index (χ1) is 11.1. The summed E-state index contributed by atoms with van der Waals surface area (Å²) in [4.78, 5) is 12.0. The molecule has 1 aromatic carbocycles. The van der Waals surface area contributed by atoms with Crippen LogP contribution in [0.3, 0.4) is 0 Å². The zero-order valence-corrected chi connectivity index (χ0v) is 13.6. The van der Waals surface area contributed by atoms with Crippen molar-refractivity contribution in [3.05, 3.63) is 34.1 Å². The lowest BCUT2D eigenvalue weighted by molar-refractivity contribution is -0.156. The Bertz CT molecular complexity index is 843. The summed E-state index contributed by atoms with van der Waals surface area (Å²) in [6.07, 6.45) is -0.637. The molecule has 4 rings (SSSR count). The minimum Gasteiger partial charge on any atom is -0.343 e. The first-order valence-corrected chi connectivity index (χ1v) is 7.88. The number of rotatable bonds is 2. The number of aryl methyl sites for hydroxylation is 1. The van der Waals surface area contributed by atoms with E-state index in [0.29, 0.717) is 17.8 Å². The number of Topliss-reactive ketones (excluding diaryl/α,β-unsaturated/α-hetero) is 1. The van der Waals surface area contributed by atoms with E-state index < -0.39 is 6.29 Å². The molecule has 2 aromatic rings. The number of ether oxygens (including phenoxy) is 2. The van der Waals surface area contributed by atoms with Gasteiger partial charge >= 0.3 is 0 Å². The number of benzene rings is 1. The molecule has 2 saturated heterocycles. The monoisotopic (exact) mass is 332 g/mol. The summed E-state index contributed by atoms with van der Waals surface area (Å²) in [6.45, 7) is 4.43. The van der Waals surface area contributed by atoms with Gasteiger partial charge in [0.1, 0.15) is 6.10 Å². The van der Waals surface area contributed by atoms with Crippen LogP contribution in [-0.2, 0) is 14.3 Å². The van der Waals surface area contributed by atoms with E-state index in [-0.39, 0.29) is 17.9 Å². The number of carbonyl (C=O) groups is 1. The molecule has 2 aliphatic heterocycles. The van der Waals surface area contributed by atoms with E-state index in [2.05, 4.69) is 10.4 Å². The molecule has 0 radical (unpaired) electrons. The summed E-state index contributed by atoms with van der Waals surface area (Å²) >= 11 is 5.54. The van der Waals surface area contributed by atoms with Gasteiger partial charge in [0.2, 0.25) is 11.1 Å². The van der Waals surface area contributed by atoms with Crippen molar-refractivity contribution in [1.29, 1.82) is 0 Å². The molecule has 1 aromatic heterocycles. The minimum absolute atomic E-state index is 0.0769. The predicted octanol–water partition coefficient (Wildman–Crippen LogP) is 1.67. The van der Waals surface area contributed by atoms with Crippen LogP contribution in [0.5, 0.6) is 0 Å². The molecular weight excluding hydrogens is 316 g/mol. The quantitative estimate of drug-likeness (QED) is 0.779. The van der Waals surface area contributed by atoms with E-state index >= 15 is 0 Å². The van der Waals surface area contributed by atoms with Gasteiger partial charge in [-0.3, -0.25) is 4.79 Å². The Morgan fingerprint density at radius 2 is 2.13 bits per heavy atom. The van der Waals surface area contributed by atoms with Gasteiger partial charge in [-0.25, -0.2) is 4.68 Å². The van der Waals surface area contributed by atoms with Crippen molar-refractivity contribution in [2.24, 2.45) is 0 Å². The van der Waals surface area contributed by atoms with Crippen molar-refractivity contribution in [3.63, 3.8) is 0 Å². The molecule has 0 saturated carbocycles. The highest BCUT2D eigenvalue weighted by Crippen LogP contribution is 2.32. The first kappa shape index (κ1) is 14.7. The number of fused-ring (bicyclic) bond motifs is 2. The molecule has 2 fully saturated rings. The van der Waals surface area contributed by atoms with E-state index in [1.807, 2.05) is 32.0 Å². The summed E-state index contributed by atoms with van der Waals surface area (Å²) in [5.74, 6) is -0.0769. The maximum atomic E-state index is 12.0. The van der Waals surface area contributed by atoms with E-state index in [1.54, 1.807) is 9.36 Å². The SMILES string of the molecule is Cc1cccc(-n2nnn([C@H]3CC(=O)[C@H]4OC[C@@H]3O4)c2=S)c1C. The first-order valence-electron chi connectivity index (χ1n) is 7.47. The molecule has 120 valence electrons. The molecule has 0 amide bonds. The highest BCUT2D eigenvalue weighted by Gasteiger charge is 2.45. The summed E-state index contributed by atoms with van der Waals surface area (Å²) < 4.78 is 14.6. The van der Waals surface area contributed by atoms with Crippen LogP contribution in [0.15, 0.2) is 18.2 Å². The van der Waals surface area contributed by atoms with Gasteiger partial charge in [-0.05, 0) is 53.7 Å². The topological polar surface area (TPSA) is 71.2 Å². The second-order valence-corrected chi connectivity index (χ2v) is 6.28. The Morgan fingerprint density at radius 1 is 1.30 bits per heavy atom. The lowest BCUT2D eigenvalue weighted by Crippen LogP contribution is -2.37. The third kappa shape index (κ3) is 2.25. The average Bonchev–Trinajstić information content (AvgIpc) is 3.12. The number of carbonyl (C=O) groups excluding carboxylic acids is 1. The summed E-state index contributed by atoms with van der Waals surface area (Å²) in [5, 5.41) is 8.36. The fraction of sp³-hybridized carbons (Fsp3) is 0.467. The van der Waals surface area contributed by atoms with Crippen LogP contribution in [0.2, 0.25) is 0 Å². The molecule has 0 aliphatic carbocycles. The zero-order valence-electron chi connectivity index (χ0n) is 12.8. The molecule has 2 bridgehead atoms. The largest absolute Gasteiger partial charge is 0.343 e. The van der Waals surface area contributed by atoms with Gasteiger partial charge in [0.05, 0.1) is 18.3 Å². The summed E-state index contributed by atoms with van der Waals surface area (Å²) in [5.41, 5.74) is 3.14. The van der Waals surface area contributed by atoms with Gasteiger partial charge in [0.25, 0.3) is 0 Å². The van der Waals surface area contributed by atoms with Crippen molar-refractivity contribution in [3.8, 4) is 5.69 Å². The lowest BCUT2D eigenvalue weighted by Gasteiger charge is -2.25. The van der Waals surface area contributed by atoms with Crippen LogP contribution in [-0.4, -0.2) is 44.6 Å². The number of ketones is 1. The van der Waals surface area contributed by atoms with Gasteiger partial charge in [-0.15, -0.1) is 0 Å². The molecule has 0 N–H and O–H groups in total. The van der Waals surface area contributed by atoms with E-state index in [0.717, 1.165) is 16.8 Å². The lowest BCUT2D eigenvalue weighted by atomic mass is 10.0. The molecule has 0 unspecified atom stereocenters. The smallest absolute Gasteiger partial charge is 0.221 e. The number of aromatic nitrogens is 4. The number of tetrazole rings is 1. The Kier molecular flexibility index (Phi) is 3.40. The van der Waals surface area contributed by atoms with Gasteiger partial charge in [-0.1, -0.05) is 12.1 Å². The molecule has 23 heavy (non-hydrogen) atoms. The maximum absolute atomic E-state index is 12.0. The van der Waals surface area contributed by atoms with Crippen LogP contribution in [0.25, 0.3) is 5.69 Å². The number of nitrogens with zero attached hydrogens (tertiary/aromatic N) is 4. The molecule has 2 aliphatic rings. The van der Waals surface area contributed by atoms with Crippen LogP contribution >= 0.6 is 12.2 Å². The standard InChI is InChI=1S/C15H16N4O3S/c1-8-4-3-5-10(9(8)2)18-15(23)19(17-16-18)11-6-12(20)14-21-7-13(11)22-14/h3-5,11,13-14H,6-7H2,1-2H3/t11-,13-,14-/m0/s1. The highest BCUT2D eigenvalue weighted by molar-refractivity contribution is 7.71. The summed E-state index contributed by atoms with van der Waals surface area (Å²) in [7, 11) is 0. The second-order valence-electron chi connectivity index (χ2n) is 5.91. The van der Waals surface area contributed by atoms with Gasteiger partial charge in [0.15, 0.2) is 5.78 Å². The Morgan fingerprint density at radius 3 is 2.96 bits per heavy atom. The number of hydrogen-bond acceptors (Lipinski definition) is 6. The molecular formula is C15H16N4O3S. The fourth-order valence-electron chi connectivity index (χ4n) is 3.05. The Balaban J connectivity index is 1.76. The second kappa shape index (κ2) is 5.33. The van der Waals surface area contributed by atoms with Crippen LogP contribution < -0.4 is 0 Å². The Hall–Kier alpha value is -1.90. The van der Waals surface area contributed by atoms with E-state index in [9.17, 15) is 4.79 Å². The molecule has 7 nitrogen and oxygen atoms in total. The number of hydrogen-bond donors (Lipinski definition) is 0. The minimum atomic E-state index is -0.723. The van der Waals surface area contributed by atoms with Crippen LogP contribution in [0.1, 0.15) is 23.6 Å². The van der Waals surface area contributed by atoms with E-state index in [4.69, 9.17) is 21.7 Å². The predicted molar refractivity (Wildman–Crippen MR) is 82.9 cm³/mol. The van der Waals surface area contributed by atoms with Gasteiger partial charge < -0.3 is 9.47 Å². The average molecular weight is 332 g/mol. The molecule has 3 heterocycles. The normalized spacial score (nSPS) is 26.7. The van der Waals surface area contributed by atoms with E-state index in [1.165, 1.54) is 0 Å². The molecule has 0 spiro atoms. The Labute approximate surface area is 137 Å². The zero-order chi connectivity index (χ0) is 16.1.